The topological polar surface area (TPSA) is 24.2 Å². The zero-order valence-electron chi connectivity index (χ0n) is 10.4. The second-order valence-electron chi connectivity index (χ2n) is 4.03. The van der Waals surface area contributed by atoms with Crippen LogP contribution in [-0.2, 0) is 0 Å². The minimum atomic E-state index is -0.0177. The molecule has 0 amide bonds. The van der Waals surface area contributed by atoms with Crippen molar-refractivity contribution in [2.24, 2.45) is 0 Å². The van der Waals surface area contributed by atoms with E-state index in [0.717, 1.165) is 5.69 Å². The maximum absolute atomic E-state index is 12.1. The molecule has 0 saturated carbocycles. The number of anilines is 1. The first kappa shape index (κ1) is 14.2. The summed E-state index contributed by atoms with van der Waals surface area (Å²) in [6.07, 6.45) is 3.56. The van der Waals surface area contributed by atoms with E-state index in [9.17, 15) is 4.79 Å². The summed E-state index contributed by atoms with van der Waals surface area (Å²) in [5, 5.41) is 0. The lowest BCUT2D eigenvalue weighted by atomic mass is 10.2. The number of benzene rings is 1. The van der Waals surface area contributed by atoms with Crippen LogP contribution in [0.2, 0.25) is 0 Å². The van der Waals surface area contributed by atoms with E-state index in [4.69, 9.17) is 0 Å². The summed E-state index contributed by atoms with van der Waals surface area (Å²) in [4.78, 5) is 14.1. The summed E-state index contributed by atoms with van der Waals surface area (Å²) in [7, 11) is 3.94. The number of halogens is 1. The molecule has 0 saturated heterocycles. The van der Waals surface area contributed by atoms with E-state index in [1.807, 2.05) is 61.5 Å². The lowest BCUT2D eigenvalue weighted by Crippen LogP contribution is -3.00. The van der Waals surface area contributed by atoms with E-state index in [2.05, 4.69) is 0 Å². The standard InChI is InChI=1S/C14H15N2O.ClH/c1-15(2)13-8-10-16(11-9-13)14(17)12-6-4-3-5-7-12;/h3-11H,1-2H3;1H/q+1;/p-1. The molecule has 1 aromatic carbocycles. The molecule has 0 aliphatic carbocycles. The second-order valence-corrected chi connectivity index (χ2v) is 4.03. The Balaban J connectivity index is 0.00000162. The molecule has 0 unspecified atom stereocenters. The normalized spacial score (nSPS) is 9.44. The van der Waals surface area contributed by atoms with Gasteiger partial charge in [-0.15, -0.1) is 4.57 Å². The van der Waals surface area contributed by atoms with Crippen LogP contribution in [0.4, 0.5) is 5.69 Å². The maximum Gasteiger partial charge on any atom is 0.424 e. The third-order valence-electron chi connectivity index (χ3n) is 2.58. The fourth-order valence-corrected chi connectivity index (χ4v) is 1.58. The van der Waals surface area contributed by atoms with Crippen LogP contribution in [0.15, 0.2) is 54.9 Å². The van der Waals surface area contributed by atoms with Crippen LogP contribution in [0.25, 0.3) is 0 Å². The Kier molecular flexibility index (Phi) is 4.86. The third kappa shape index (κ3) is 3.08. The Morgan fingerprint density at radius 3 is 2.06 bits per heavy atom. The predicted molar refractivity (Wildman–Crippen MR) is 67.1 cm³/mol. The quantitative estimate of drug-likeness (QED) is 0.631. The van der Waals surface area contributed by atoms with Gasteiger partial charge in [0.2, 0.25) is 0 Å². The van der Waals surface area contributed by atoms with E-state index in [1.165, 1.54) is 0 Å². The van der Waals surface area contributed by atoms with Crippen molar-refractivity contribution >= 4 is 11.6 Å². The highest BCUT2D eigenvalue weighted by molar-refractivity contribution is 5.86. The number of hydrogen-bond acceptors (Lipinski definition) is 2. The van der Waals surface area contributed by atoms with E-state index >= 15 is 0 Å². The molecule has 0 radical (unpaired) electrons. The molecule has 0 fully saturated rings. The van der Waals surface area contributed by atoms with Crippen molar-refractivity contribution in [1.29, 1.82) is 0 Å². The van der Waals surface area contributed by atoms with Gasteiger partial charge in [0.05, 0.1) is 5.56 Å². The molecule has 0 spiro atoms. The molecule has 3 nitrogen and oxygen atoms in total. The fraction of sp³-hybridized carbons (Fsp3) is 0.143. The van der Waals surface area contributed by atoms with Crippen molar-refractivity contribution in [1.82, 2.24) is 0 Å². The number of pyridine rings is 1. The summed E-state index contributed by atoms with van der Waals surface area (Å²) >= 11 is 0. The molecular weight excluding hydrogens is 248 g/mol. The Morgan fingerprint density at radius 1 is 1.00 bits per heavy atom. The van der Waals surface area contributed by atoms with Crippen LogP contribution in [0.3, 0.4) is 0 Å². The number of carbonyl (C=O) groups excluding carboxylic acids is 1. The molecule has 2 rings (SSSR count). The summed E-state index contributed by atoms with van der Waals surface area (Å²) in [5.74, 6) is -0.0177. The first-order chi connectivity index (χ1) is 8.18. The SMILES string of the molecule is CN(C)c1cc[n+](C(=O)c2ccccc2)cc1.[Cl-]. The van der Waals surface area contributed by atoms with Crippen LogP contribution in [0.1, 0.15) is 10.4 Å². The van der Waals surface area contributed by atoms with Gasteiger partial charge in [-0.2, -0.15) is 0 Å². The van der Waals surface area contributed by atoms with Gasteiger partial charge in [-0.1, -0.05) is 18.2 Å². The minimum absolute atomic E-state index is 0. The predicted octanol–water partition coefficient (Wildman–Crippen LogP) is -1.27. The van der Waals surface area contributed by atoms with Crippen LogP contribution < -0.4 is 21.9 Å². The van der Waals surface area contributed by atoms with Crippen molar-refractivity contribution < 1.29 is 21.8 Å². The van der Waals surface area contributed by atoms with Gasteiger partial charge in [0.15, 0.2) is 12.4 Å². The van der Waals surface area contributed by atoms with E-state index in [1.54, 1.807) is 17.0 Å². The average molecular weight is 263 g/mol. The molecule has 4 heteroatoms. The lowest BCUT2D eigenvalue weighted by Gasteiger charge is -2.09. The summed E-state index contributed by atoms with van der Waals surface area (Å²) in [5.41, 5.74) is 1.76. The molecule has 1 heterocycles. The van der Waals surface area contributed by atoms with Gasteiger partial charge in [0, 0.05) is 31.9 Å². The molecule has 94 valence electrons. The van der Waals surface area contributed by atoms with Gasteiger partial charge in [0.1, 0.15) is 0 Å². The van der Waals surface area contributed by atoms with Gasteiger partial charge in [0.25, 0.3) is 0 Å². The molecule has 0 bridgehead atoms. The number of rotatable bonds is 2. The maximum atomic E-state index is 12.1. The molecule has 0 N–H and O–H groups in total. The third-order valence-corrected chi connectivity index (χ3v) is 2.58. The van der Waals surface area contributed by atoms with Crippen LogP contribution in [0.5, 0.6) is 0 Å². The van der Waals surface area contributed by atoms with Gasteiger partial charge in [-0.25, -0.2) is 4.79 Å². The van der Waals surface area contributed by atoms with Crippen molar-refractivity contribution in [2.45, 2.75) is 0 Å². The Labute approximate surface area is 113 Å². The molecule has 0 aliphatic heterocycles. The zero-order chi connectivity index (χ0) is 12.3. The summed E-state index contributed by atoms with van der Waals surface area (Å²) < 4.78 is 1.59. The molecule has 18 heavy (non-hydrogen) atoms. The lowest BCUT2D eigenvalue weighted by molar-refractivity contribution is -0.570. The fourth-order valence-electron chi connectivity index (χ4n) is 1.58. The van der Waals surface area contributed by atoms with Gasteiger partial charge >= 0.3 is 5.91 Å². The van der Waals surface area contributed by atoms with Crippen molar-refractivity contribution in [3.8, 4) is 0 Å². The monoisotopic (exact) mass is 262 g/mol. The summed E-state index contributed by atoms with van der Waals surface area (Å²) in [6.45, 7) is 0. The number of nitrogens with zero attached hydrogens (tertiary/aromatic N) is 2. The highest BCUT2D eigenvalue weighted by Crippen LogP contribution is 2.06. The first-order valence-electron chi connectivity index (χ1n) is 5.47. The highest BCUT2D eigenvalue weighted by Gasteiger charge is 2.16. The van der Waals surface area contributed by atoms with Gasteiger partial charge in [-0.3, -0.25) is 0 Å². The van der Waals surface area contributed by atoms with Crippen LogP contribution >= 0.6 is 0 Å². The van der Waals surface area contributed by atoms with Gasteiger partial charge < -0.3 is 17.3 Å². The van der Waals surface area contributed by atoms with Crippen molar-refractivity contribution in [2.75, 3.05) is 19.0 Å². The molecular formula is C14H15ClN2O. The Bertz CT molecular complexity index is 509. The zero-order valence-corrected chi connectivity index (χ0v) is 11.1. The van der Waals surface area contributed by atoms with Crippen molar-refractivity contribution in [3.05, 3.63) is 60.4 Å². The van der Waals surface area contributed by atoms with E-state index in [0.29, 0.717) is 5.56 Å². The molecule has 0 atom stereocenters. The van der Waals surface area contributed by atoms with E-state index in [-0.39, 0.29) is 18.3 Å². The number of hydrogen-bond donors (Lipinski definition) is 0. The van der Waals surface area contributed by atoms with Crippen LogP contribution in [-0.4, -0.2) is 20.0 Å². The Morgan fingerprint density at radius 2 is 1.56 bits per heavy atom. The minimum Gasteiger partial charge on any atom is -1.00 e. The van der Waals surface area contributed by atoms with Gasteiger partial charge in [-0.05, 0) is 12.1 Å². The molecule has 1 aromatic heterocycles. The van der Waals surface area contributed by atoms with E-state index < -0.39 is 0 Å². The Hall–Kier alpha value is -1.87. The van der Waals surface area contributed by atoms with Crippen LogP contribution in [0, 0.1) is 0 Å². The van der Waals surface area contributed by atoms with Crippen molar-refractivity contribution in [3.63, 3.8) is 0 Å². The average Bonchev–Trinajstić information content (AvgIpc) is 2.39. The molecule has 0 aliphatic rings. The highest BCUT2D eigenvalue weighted by atomic mass is 35.5. The summed E-state index contributed by atoms with van der Waals surface area (Å²) in [6, 6.07) is 13.1. The molecule has 2 aromatic rings. The largest absolute Gasteiger partial charge is 1.00 e. The number of carbonyl (C=O) groups is 1. The number of aromatic nitrogens is 1. The smallest absolute Gasteiger partial charge is 0.424 e. The first-order valence-corrected chi connectivity index (χ1v) is 5.47. The second kappa shape index (κ2) is 6.17.